The van der Waals surface area contributed by atoms with Crippen LogP contribution in [0.1, 0.15) is 33.1 Å². The molecule has 3 heteroatoms. The Morgan fingerprint density at radius 1 is 1.39 bits per heavy atom. The van der Waals surface area contributed by atoms with Gasteiger partial charge in [0.2, 0.25) is 0 Å². The quantitative estimate of drug-likeness (QED) is 0.407. The van der Waals surface area contributed by atoms with Crippen LogP contribution in [0.2, 0.25) is 0 Å². The Bertz CT molecular complexity index is 431. The van der Waals surface area contributed by atoms with Gasteiger partial charge in [-0.25, -0.2) is 4.79 Å². The van der Waals surface area contributed by atoms with Gasteiger partial charge in [0, 0.05) is 12.0 Å². The second-order valence-electron chi connectivity index (χ2n) is 5.29. The number of aliphatic hydroxyl groups is 1. The van der Waals surface area contributed by atoms with Gasteiger partial charge in [0.15, 0.2) is 0 Å². The van der Waals surface area contributed by atoms with Crippen LogP contribution in [0.5, 0.6) is 0 Å². The first-order chi connectivity index (χ1) is 8.49. The molecule has 2 rings (SSSR count). The molecule has 18 heavy (non-hydrogen) atoms. The Kier molecular flexibility index (Phi) is 3.71. The second-order valence-corrected chi connectivity index (χ2v) is 5.29. The van der Waals surface area contributed by atoms with Crippen LogP contribution in [0, 0.1) is 5.92 Å². The number of fused-ring (bicyclic) bond motifs is 1. The first kappa shape index (κ1) is 13.1. The lowest BCUT2D eigenvalue weighted by Crippen LogP contribution is -2.28. The van der Waals surface area contributed by atoms with Crippen molar-refractivity contribution < 1.29 is 14.6 Å². The molecular formula is C15H20O3. The summed E-state index contributed by atoms with van der Waals surface area (Å²) in [5.74, 6) is -0.684. The van der Waals surface area contributed by atoms with E-state index < -0.39 is 6.10 Å². The highest BCUT2D eigenvalue weighted by Crippen LogP contribution is 2.34. The molecule has 3 nitrogen and oxygen atoms in total. The van der Waals surface area contributed by atoms with E-state index in [4.69, 9.17) is 4.74 Å². The number of hydrogen-bond donors (Lipinski definition) is 1. The average Bonchev–Trinajstić information content (AvgIpc) is 2.53. The van der Waals surface area contributed by atoms with Crippen molar-refractivity contribution in [3.63, 3.8) is 0 Å². The number of allylic oxidation sites excluding steroid dienone is 2. The molecule has 1 fully saturated rings. The fraction of sp³-hybridized carbons (Fsp3) is 0.533. The predicted octanol–water partition coefficient (Wildman–Crippen LogP) is 2.52. The summed E-state index contributed by atoms with van der Waals surface area (Å²) in [6, 6.07) is 0. The summed E-state index contributed by atoms with van der Waals surface area (Å²) >= 11 is 0. The summed E-state index contributed by atoms with van der Waals surface area (Å²) in [6.45, 7) is 7.81. The molecule has 0 bridgehead atoms. The first-order valence-corrected chi connectivity index (χ1v) is 6.40. The molecule has 0 aromatic carbocycles. The lowest BCUT2D eigenvalue weighted by molar-refractivity contribution is -0.139. The molecule has 0 aromatic rings. The highest BCUT2D eigenvalue weighted by atomic mass is 16.6. The van der Waals surface area contributed by atoms with Crippen molar-refractivity contribution >= 4 is 5.97 Å². The molecule has 0 amide bonds. The summed E-state index contributed by atoms with van der Waals surface area (Å²) in [4.78, 5) is 11.6. The van der Waals surface area contributed by atoms with Crippen molar-refractivity contribution in [3.8, 4) is 0 Å². The van der Waals surface area contributed by atoms with Crippen LogP contribution in [-0.4, -0.2) is 23.3 Å². The summed E-state index contributed by atoms with van der Waals surface area (Å²) in [5.41, 5.74) is 2.73. The molecule has 1 aliphatic carbocycles. The van der Waals surface area contributed by atoms with E-state index in [0.717, 1.165) is 18.4 Å². The third-order valence-electron chi connectivity index (χ3n) is 3.70. The first-order valence-electron chi connectivity index (χ1n) is 6.40. The van der Waals surface area contributed by atoms with Crippen LogP contribution in [0.25, 0.3) is 0 Å². The second kappa shape index (κ2) is 5.11. The van der Waals surface area contributed by atoms with E-state index in [1.165, 1.54) is 5.57 Å². The van der Waals surface area contributed by atoms with Crippen LogP contribution in [0.15, 0.2) is 35.5 Å². The number of carbonyl (C=O) groups is 1. The van der Waals surface area contributed by atoms with Crippen molar-refractivity contribution in [2.24, 2.45) is 5.92 Å². The Morgan fingerprint density at radius 3 is 2.83 bits per heavy atom. The van der Waals surface area contributed by atoms with E-state index in [9.17, 15) is 9.90 Å². The van der Waals surface area contributed by atoms with Gasteiger partial charge in [-0.1, -0.05) is 29.9 Å². The Balaban J connectivity index is 2.32. The number of carbonyl (C=O) groups excluding carboxylic acids is 1. The molecule has 98 valence electrons. The summed E-state index contributed by atoms with van der Waals surface area (Å²) < 4.78 is 5.32. The van der Waals surface area contributed by atoms with Crippen LogP contribution < -0.4 is 0 Å². The smallest absolute Gasteiger partial charge is 0.334 e. The highest BCUT2D eigenvalue weighted by molar-refractivity contribution is 5.91. The van der Waals surface area contributed by atoms with E-state index in [0.29, 0.717) is 12.0 Å². The minimum atomic E-state index is -0.681. The zero-order valence-electron chi connectivity index (χ0n) is 11.0. The van der Waals surface area contributed by atoms with Crippen LogP contribution in [-0.2, 0) is 9.53 Å². The van der Waals surface area contributed by atoms with Crippen molar-refractivity contribution in [3.05, 3.63) is 35.5 Å². The van der Waals surface area contributed by atoms with Crippen molar-refractivity contribution in [2.45, 2.75) is 45.3 Å². The van der Waals surface area contributed by atoms with Gasteiger partial charge in [-0.15, -0.1) is 0 Å². The predicted molar refractivity (Wildman–Crippen MR) is 69.9 cm³/mol. The van der Waals surface area contributed by atoms with E-state index in [-0.39, 0.29) is 18.0 Å². The molecule has 3 unspecified atom stereocenters. The Labute approximate surface area is 108 Å². The normalized spacial score (nSPS) is 39.2. The fourth-order valence-electron chi connectivity index (χ4n) is 2.67. The zero-order valence-corrected chi connectivity index (χ0v) is 11.0. The topological polar surface area (TPSA) is 46.5 Å². The van der Waals surface area contributed by atoms with E-state index in [1.54, 1.807) is 0 Å². The van der Waals surface area contributed by atoms with Crippen molar-refractivity contribution in [2.75, 3.05) is 0 Å². The molecule has 0 aromatic heterocycles. The van der Waals surface area contributed by atoms with Gasteiger partial charge in [-0.3, -0.25) is 0 Å². The third-order valence-corrected chi connectivity index (χ3v) is 3.70. The molecule has 1 aliphatic heterocycles. The minimum absolute atomic E-state index is 0.279. The fourth-order valence-corrected chi connectivity index (χ4v) is 2.67. The maximum absolute atomic E-state index is 11.6. The van der Waals surface area contributed by atoms with Crippen LogP contribution >= 0.6 is 0 Å². The number of esters is 1. The molecule has 0 saturated carbocycles. The number of ether oxygens (including phenoxy) is 1. The molecule has 1 N–H and O–H groups in total. The van der Waals surface area contributed by atoms with Gasteiger partial charge >= 0.3 is 5.97 Å². The number of rotatable bonds is 0. The SMILES string of the molecule is C=C1C(=O)OC2C/C(C)=C\CC/C(C)=C\C(O)C12. The van der Waals surface area contributed by atoms with Gasteiger partial charge in [0.1, 0.15) is 6.10 Å². The lowest BCUT2D eigenvalue weighted by atomic mass is 9.86. The molecular weight excluding hydrogens is 228 g/mol. The average molecular weight is 248 g/mol. The Hall–Kier alpha value is -1.35. The molecule has 1 saturated heterocycles. The summed E-state index contributed by atoms with van der Waals surface area (Å²) in [6.07, 6.45) is 5.64. The Morgan fingerprint density at radius 2 is 2.11 bits per heavy atom. The molecule has 0 radical (unpaired) electrons. The monoisotopic (exact) mass is 248 g/mol. The molecule has 0 spiro atoms. The van der Waals surface area contributed by atoms with E-state index in [2.05, 4.69) is 12.7 Å². The maximum Gasteiger partial charge on any atom is 0.334 e. The van der Waals surface area contributed by atoms with Gasteiger partial charge in [0.25, 0.3) is 0 Å². The highest BCUT2D eigenvalue weighted by Gasteiger charge is 2.42. The summed E-state index contributed by atoms with van der Waals surface area (Å²) in [7, 11) is 0. The maximum atomic E-state index is 11.6. The summed E-state index contributed by atoms with van der Waals surface area (Å²) in [5, 5.41) is 10.3. The number of aliphatic hydroxyl groups excluding tert-OH is 1. The van der Waals surface area contributed by atoms with Crippen LogP contribution in [0.4, 0.5) is 0 Å². The zero-order chi connectivity index (χ0) is 13.3. The van der Waals surface area contributed by atoms with E-state index >= 15 is 0 Å². The van der Waals surface area contributed by atoms with Crippen LogP contribution in [0.3, 0.4) is 0 Å². The van der Waals surface area contributed by atoms with Crippen molar-refractivity contribution in [1.29, 1.82) is 0 Å². The van der Waals surface area contributed by atoms with Gasteiger partial charge in [0.05, 0.1) is 12.0 Å². The minimum Gasteiger partial charge on any atom is -0.458 e. The molecule has 2 aliphatic rings. The molecule has 3 atom stereocenters. The number of hydrogen-bond acceptors (Lipinski definition) is 3. The standard InChI is InChI=1S/C15H20O3/c1-9-5-4-6-10(2)8-13-14(12(16)7-9)11(3)15(17)18-13/h6-7,12-14,16H,3-5,8H2,1-2H3/b9-7-,10-6-. The van der Waals surface area contributed by atoms with Gasteiger partial charge in [-0.2, -0.15) is 0 Å². The third kappa shape index (κ3) is 2.56. The van der Waals surface area contributed by atoms with Gasteiger partial charge in [-0.05, 0) is 26.7 Å². The largest absolute Gasteiger partial charge is 0.458 e. The van der Waals surface area contributed by atoms with Crippen molar-refractivity contribution in [1.82, 2.24) is 0 Å². The molecule has 1 heterocycles. The van der Waals surface area contributed by atoms with Gasteiger partial charge < -0.3 is 9.84 Å². The lowest BCUT2D eigenvalue weighted by Gasteiger charge is -2.22. The van der Waals surface area contributed by atoms with E-state index in [1.807, 2.05) is 19.9 Å².